The minimum atomic E-state index is -1.21. The van der Waals surface area contributed by atoms with Crippen LogP contribution in [0.1, 0.15) is 19.5 Å². The van der Waals surface area contributed by atoms with Crippen LogP contribution in [-0.4, -0.2) is 31.6 Å². The van der Waals surface area contributed by atoms with Gasteiger partial charge in [0.15, 0.2) is 5.75 Å². The number of nitrogens with zero attached hydrogens (tertiary/aromatic N) is 1. The normalized spacial score (nSPS) is 30.3. The van der Waals surface area contributed by atoms with E-state index in [1.807, 2.05) is 0 Å². The Bertz CT molecular complexity index is 520. The van der Waals surface area contributed by atoms with E-state index in [4.69, 9.17) is 0 Å². The molecule has 0 spiro atoms. The molecule has 17 heavy (non-hydrogen) atoms. The molecule has 5 nitrogen and oxygen atoms in total. The monoisotopic (exact) mass is 239 g/mol. The average Bonchev–Trinajstić information content (AvgIpc) is 2.64. The van der Waals surface area contributed by atoms with Crippen molar-refractivity contribution in [2.24, 2.45) is 5.41 Å². The second-order valence-corrected chi connectivity index (χ2v) is 5.29. The Kier molecular flexibility index (Phi) is 2.38. The summed E-state index contributed by atoms with van der Waals surface area (Å²) in [6.07, 6.45) is 0.715. The van der Waals surface area contributed by atoms with Crippen molar-refractivity contribution in [3.8, 4) is 5.75 Å². The Morgan fingerprint density at radius 2 is 2.00 bits per heavy atom. The molecule has 0 saturated heterocycles. The van der Waals surface area contributed by atoms with Crippen LogP contribution in [0.25, 0.3) is 0 Å². The molecule has 1 aromatic rings. The van der Waals surface area contributed by atoms with Gasteiger partial charge < -0.3 is 19.9 Å². The van der Waals surface area contributed by atoms with E-state index >= 15 is 0 Å². The number of hydrogen-bond donors (Lipinski definition) is 3. The molecular weight excluding hydrogens is 222 g/mol. The van der Waals surface area contributed by atoms with Gasteiger partial charge in [0, 0.05) is 17.7 Å². The fraction of sp³-hybridized carbons (Fsp3) is 0.583. The number of aromatic hydroxyl groups is 1. The van der Waals surface area contributed by atoms with Gasteiger partial charge in [-0.05, 0) is 6.92 Å². The summed E-state index contributed by atoms with van der Waals surface area (Å²) >= 11 is 0. The average molecular weight is 239 g/mol. The van der Waals surface area contributed by atoms with Crippen LogP contribution >= 0.6 is 0 Å². The molecular formula is C12H17NO4. The molecule has 1 saturated carbocycles. The van der Waals surface area contributed by atoms with Crippen molar-refractivity contribution >= 4 is 0 Å². The standard InChI is InChI=1S/C12H17NO4/c1-7-9(15)8(14)4-5-13(7)6-12(17)10(16)11(12,2)3/h4-5,10,15-17H,6H2,1-3H3. The molecule has 0 amide bonds. The van der Waals surface area contributed by atoms with Crippen LogP contribution < -0.4 is 5.43 Å². The molecule has 0 radical (unpaired) electrons. The maximum atomic E-state index is 11.2. The van der Waals surface area contributed by atoms with Crippen molar-refractivity contribution < 1.29 is 15.3 Å². The van der Waals surface area contributed by atoms with Crippen molar-refractivity contribution in [2.75, 3.05) is 0 Å². The molecule has 94 valence electrons. The number of hydrogen-bond acceptors (Lipinski definition) is 4. The first kappa shape index (κ1) is 12.1. The zero-order valence-corrected chi connectivity index (χ0v) is 10.1. The van der Waals surface area contributed by atoms with Gasteiger partial charge in [0.1, 0.15) is 5.60 Å². The molecule has 0 aliphatic heterocycles. The molecule has 2 unspecified atom stereocenters. The highest BCUT2D eigenvalue weighted by atomic mass is 16.4. The first-order valence-electron chi connectivity index (χ1n) is 5.51. The molecule has 1 aliphatic rings. The predicted octanol–water partition coefficient (Wildman–Crippen LogP) is -0.00588. The predicted molar refractivity (Wildman–Crippen MR) is 61.8 cm³/mol. The molecule has 3 N–H and O–H groups in total. The van der Waals surface area contributed by atoms with E-state index in [9.17, 15) is 20.1 Å². The largest absolute Gasteiger partial charge is 0.503 e. The molecule has 1 fully saturated rings. The first-order valence-corrected chi connectivity index (χ1v) is 5.51. The van der Waals surface area contributed by atoms with E-state index in [-0.39, 0.29) is 12.3 Å². The van der Waals surface area contributed by atoms with Gasteiger partial charge in [-0.25, -0.2) is 0 Å². The van der Waals surface area contributed by atoms with Crippen LogP contribution in [0.5, 0.6) is 5.75 Å². The lowest BCUT2D eigenvalue weighted by Gasteiger charge is -2.17. The lowest BCUT2D eigenvalue weighted by Crippen LogP contribution is -2.26. The first-order chi connectivity index (χ1) is 7.72. The number of pyridine rings is 1. The number of aliphatic hydroxyl groups excluding tert-OH is 1. The molecule has 1 heterocycles. The maximum absolute atomic E-state index is 11.2. The summed E-state index contributed by atoms with van der Waals surface area (Å²) in [4.78, 5) is 11.2. The fourth-order valence-corrected chi connectivity index (χ4v) is 2.19. The Morgan fingerprint density at radius 3 is 2.47 bits per heavy atom. The van der Waals surface area contributed by atoms with Gasteiger partial charge in [0.2, 0.25) is 5.43 Å². The lowest BCUT2D eigenvalue weighted by molar-refractivity contribution is 0.0595. The van der Waals surface area contributed by atoms with E-state index in [2.05, 4.69) is 0 Å². The molecule has 0 aromatic carbocycles. The Labute approximate surface area is 99.0 Å². The smallest absolute Gasteiger partial charge is 0.223 e. The van der Waals surface area contributed by atoms with Crippen LogP contribution in [-0.2, 0) is 6.54 Å². The van der Waals surface area contributed by atoms with Crippen LogP contribution in [0.3, 0.4) is 0 Å². The summed E-state index contributed by atoms with van der Waals surface area (Å²) in [6, 6.07) is 1.24. The molecule has 2 atom stereocenters. The molecule has 0 bridgehead atoms. The number of rotatable bonds is 2. The second kappa shape index (κ2) is 3.34. The summed E-state index contributed by atoms with van der Waals surface area (Å²) in [5.74, 6) is -0.316. The summed E-state index contributed by atoms with van der Waals surface area (Å²) in [6.45, 7) is 5.30. The quantitative estimate of drug-likeness (QED) is 0.678. The highest BCUT2D eigenvalue weighted by molar-refractivity contribution is 5.27. The zero-order chi connectivity index (χ0) is 13.0. The zero-order valence-electron chi connectivity index (χ0n) is 10.1. The van der Waals surface area contributed by atoms with Gasteiger partial charge in [-0.2, -0.15) is 0 Å². The Hall–Kier alpha value is -1.33. The highest BCUT2D eigenvalue weighted by Gasteiger charge is 2.70. The Balaban J connectivity index is 2.34. The van der Waals surface area contributed by atoms with Crippen LogP contribution in [0.4, 0.5) is 0 Å². The van der Waals surface area contributed by atoms with Gasteiger partial charge in [-0.15, -0.1) is 0 Å². The molecule has 1 aromatic heterocycles. The van der Waals surface area contributed by atoms with Gasteiger partial charge in [0.25, 0.3) is 0 Å². The summed E-state index contributed by atoms with van der Waals surface area (Å²) in [7, 11) is 0. The number of aliphatic hydroxyl groups is 2. The molecule has 2 rings (SSSR count). The van der Waals surface area contributed by atoms with Crippen molar-refractivity contribution in [2.45, 2.75) is 39.0 Å². The lowest BCUT2D eigenvalue weighted by atomic mass is 10.1. The van der Waals surface area contributed by atoms with Crippen LogP contribution in [0, 0.1) is 12.3 Å². The van der Waals surface area contributed by atoms with Crippen LogP contribution in [0.2, 0.25) is 0 Å². The van der Waals surface area contributed by atoms with Gasteiger partial charge in [-0.1, -0.05) is 13.8 Å². The van der Waals surface area contributed by atoms with Gasteiger partial charge >= 0.3 is 0 Å². The highest BCUT2D eigenvalue weighted by Crippen LogP contribution is 2.56. The van der Waals surface area contributed by atoms with E-state index in [1.54, 1.807) is 25.3 Å². The Morgan fingerprint density at radius 1 is 1.47 bits per heavy atom. The van der Waals surface area contributed by atoms with Crippen molar-refractivity contribution in [3.63, 3.8) is 0 Å². The third-order valence-electron chi connectivity index (χ3n) is 3.99. The van der Waals surface area contributed by atoms with E-state index in [1.165, 1.54) is 12.3 Å². The van der Waals surface area contributed by atoms with Crippen molar-refractivity contribution in [3.05, 3.63) is 28.2 Å². The van der Waals surface area contributed by atoms with Crippen LogP contribution in [0.15, 0.2) is 17.1 Å². The molecule has 1 aliphatic carbocycles. The maximum Gasteiger partial charge on any atom is 0.223 e. The summed E-state index contributed by atoms with van der Waals surface area (Å²) < 4.78 is 1.58. The van der Waals surface area contributed by atoms with E-state index < -0.39 is 22.5 Å². The summed E-state index contributed by atoms with van der Waals surface area (Å²) in [5.41, 5.74) is -1.83. The minimum Gasteiger partial charge on any atom is -0.503 e. The van der Waals surface area contributed by atoms with Gasteiger partial charge in [-0.3, -0.25) is 4.79 Å². The van der Waals surface area contributed by atoms with Crippen molar-refractivity contribution in [1.82, 2.24) is 4.57 Å². The minimum absolute atomic E-state index is 0.154. The van der Waals surface area contributed by atoms with E-state index in [0.717, 1.165) is 0 Å². The van der Waals surface area contributed by atoms with Gasteiger partial charge in [0.05, 0.1) is 18.3 Å². The SMILES string of the molecule is Cc1c(O)c(=O)ccn1CC1(O)C(O)C1(C)C. The van der Waals surface area contributed by atoms with E-state index in [0.29, 0.717) is 5.69 Å². The molecule has 5 heteroatoms. The number of aromatic nitrogens is 1. The summed E-state index contributed by atoms with van der Waals surface area (Å²) in [5, 5.41) is 29.5. The van der Waals surface area contributed by atoms with Crippen molar-refractivity contribution in [1.29, 1.82) is 0 Å². The second-order valence-electron chi connectivity index (χ2n) is 5.29. The third-order valence-corrected chi connectivity index (χ3v) is 3.99. The topological polar surface area (TPSA) is 82.7 Å². The fourth-order valence-electron chi connectivity index (χ4n) is 2.19. The third kappa shape index (κ3) is 1.50.